The van der Waals surface area contributed by atoms with E-state index < -0.39 is 0 Å². The summed E-state index contributed by atoms with van der Waals surface area (Å²) in [5.41, 5.74) is 11.3. The van der Waals surface area contributed by atoms with Crippen LogP contribution >= 0.6 is 0 Å². The van der Waals surface area contributed by atoms with Gasteiger partial charge in [-0.1, -0.05) is 176 Å². The van der Waals surface area contributed by atoms with Crippen LogP contribution in [0.5, 0.6) is 0 Å². The highest BCUT2D eigenvalue weighted by Crippen LogP contribution is 2.38. The molecule has 0 aliphatic heterocycles. The normalized spacial score (nSPS) is 11.1. The molecule has 0 spiro atoms. The Balaban J connectivity index is 1.24. The summed E-state index contributed by atoms with van der Waals surface area (Å²) in [4.78, 5) is 20.0. The van der Waals surface area contributed by atoms with Gasteiger partial charge in [0.1, 0.15) is 5.69 Å². The van der Waals surface area contributed by atoms with Crippen molar-refractivity contribution in [3.8, 4) is 79.1 Å². The lowest BCUT2D eigenvalue weighted by atomic mass is 9.99. The Kier molecular flexibility index (Phi) is 7.72. The highest BCUT2D eigenvalue weighted by atomic mass is 15.3. The monoisotopic (exact) mass is 654 g/mol. The largest absolute Gasteiger partial charge is 0.228 e. The molecule has 0 bridgehead atoms. The smallest absolute Gasteiger partial charge is 0.164 e. The van der Waals surface area contributed by atoms with Crippen LogP contribution in [0, 0.1) is 0 Å². The third-order valence-corrected chi connectivity index (χ3v) is 8.91. The average Bonchev–Trinajstić information content (AvgIpc) is 3.62. The minimum absolute atomic E-state index is 0.605. The Morgan fingerprint density at radius 2 is 0.725 bits per heavy atom. The molecule has 0 fully saturated rings. The Morgan fingerprint density at radius 1 is 0.333 bits per heavy atom. The first-order valence-corrected chi connectivity index (χ1v) is 16.9. The highest BCUT2D eigenvalue weighted by molar-refractivity contribution is 5.93. The number of aromatic nitrogens is 6. The summed E-state index contributed by atoms with van der Waals surface area (Å²) in [6.45, 7) is 0. The van der Waals surface area contributed by atoms with Gasteiger partial charge in [0.15, 0.2) is 23.1 Å². The second kappa shape index (κ2) is 13.1. The Bertz CT molecular complexity index is 2530. The van der Waals surface area contributed by atoms with Crippen molar-refractivity contribution in [1.82, 2.24) is 29.5 Å². The van der Waals surface area contributed by atoms with Gasteiger partial charge in [0.25, 0.3) is 0 Å². The van der Waals surface area contributed by atoms with Crippen LogP contribution in [-0.4, -0.2) is 29.5 Å². The zero-order chi connectivity index (χ0) is 34.0. The average molecular weight is 655 g/mol. The van der Waals surface area contributed by atoms with Gasteiger partial charge in [0.2, 0.25) is 0 Å². The fraction of sp³-hybridized carbons (Fsp3) is 0. The number of nitrogens with zero attached hydrogens (tertiary/aromatic N) is 6. The molecule has 0 aliphatic rings. The molecule has 0 saturated heterocycles. The SMILES string of the molecule is c1ccc(-c2cc(-c3ccccc3)n3nc(-c4ccccc4)c(-c4ccc(-c5nc(-c6ccccc6)nc(-c6ccccc6)n5)cc4)c3n2)cc1. The molecule has 6 nitrogen and oxygen atoms in total. The Morgan fingerprint density at radius 3 is 1.22 bits per heavy atom. The molecule has 9 aromatic rings. The molecule has 51 heavy (non-hydrogen) atoms. The van der Waals surface area contributed by atoms with E-state index in [0.717, 1.165) is 67.2 Å². The molecule has 0 radical (unpaired) electrons. The Labute approximate surface area is 295 Å². The standard InChI is InChI=1S/C45H30N6/c1-6-16-31(17-7-1)38-30-39(32-18-8-2-9-19-32)51-45(46-38)40(41(50-51)34-20-10-3-11-21-34)33-26-28-37(29-27-33)44-48-42(35-22-12-4-13-23-35)47-43(49-44)36-24-14-5-15-25-36/h1-30H. The van der Waals surface area contributed by atoms with Crippen molar-refractivity contribution in [3.05, 3.63) is 182 Å². The summed E-state index contributed by atoms with van der Waals surface area (Å²) in [6, 6.07) is 61.6. The molecule has 0 N–H and O–H groups in total. The number of rotatable bonds is 7. The van der Waals surface area contributed by atoms with Gasteiger partial charge in [-0.3, -0.25) is 0 Å². The van der Waals surface area contributed by atoms with E-state index in [4.69, 9.17) is 25.0 Å². The second-order valence-corrected chi connectivity index (χ2v) is 12.2. The Hall–Kier alpha value is -7.05. The fourth-order valence-electron chi connectivity index (χ4n) is 6.38. The van der Waals surface area contributed by atoms with E-state index in [1.54, 1.807) is 0 Å². The lowest BCUT2D eigenvalue weighted by Gasteiger charge is -2.10. The zero-order valence-electron chi connectivity index (χ0n) is 27.5. The molecule has 240 valence electrons. The molecule has 6 aromatic carbocycles. The lowest BCUT2D eigenvalue weighted by molar-refractivity contribution is 0.953. The van der Waals surface area contributed by atoms with Crippen molar-refractivity contribution in [2.45, 2.75) is 0 Å². The van der Waals surface area contributed by atoms with Gasteiger partial charge in [-0.2, -0.15) is 5.10 Å². The molecule has 0 amide bonds. The third-order valence-electron chi connectivity index (χ3n) is 8.91. The summed E-state index contributed by atoms with van der Waals surface area (Å²) in [6.07, 6.45) is 0. The maximum Gasteiger partial charge on any atom is 0.164 e. The summed E-state index contributed by atoms with van der Waals surface area (Å²) >= 11 is 0. The van der Waals surface area contributed by atoms with E-state index in [0.29, 0.717) is 17.5 Å². The van der Waals surface area contributed by atoms with Gasteiger partial charge in [-0.05, 0) is 11.6 Å². The predicted molar refractivity (Wildman–Crippen MR) is 204 cm³/mol. The molecule has 3 heterocycles. The molecule has 6 heteroatoms. The summed E-state index contributed by atoms with van der Waals surface area (Å²) in [5, 5.41) is 5.26. The van der Waals surface area contributed by atoms with Gasteiger partial charge in [0.05, 0.1) is 17.0 Å². The molecular formula is C45H30N6. The molecule has 0 unspecified atom stereocenters. The number of hydrogen-bond acceptors (Lipinski definition) is 5. The van der Waals surface area contributed by atoms with Crippen LogP contribution in [0.25, 0.3) is 84.7 Å². The van der Waals surface area contributed by atoms with Gasteiger partial charge in [0, 0.05) is 33.4 Å². The van der Waals surface area contributed by atoms with Crippen molar-refractivity contribution in [3.63, 3.8) is 0 Å². The van der Waals surface area contributed by atoms with E-state index >= 15 is 0 Å². The van der Waals surface area contributed by atoms with E-state index in [-0.39, 0.29) is 0 Å². The first-order valence-electron chi connectivity index (χ1n) is 16.9. The first kappa shape index (κ1) is 30.0. The van der Waals surface area contributed by atoms with Crippen LogP contribution in [0.1, 0.15) is 0 Å². The van der Waals surface area contributed by atoms with Gasteiger partial charge in [-0.25, -0.2) is 24.5 Å². The maximum atomic E-state index is 5.29. The predicted octanol–water partition coefficient (Wildman–Crippen LogP) is 10.6. The molecule has 0 aliphatic carbocycles. The molecule has 9 rings (SSSR count). The second-order valence-electron chi connectivity index (χ2n) is 12.2. The van der Waals surface area contributed by atoms with Crippen molar-refractivity contribution >= 4 is 5.65 Å². The third kappa shape index (κ3) is 5.85. The van der Waals surface area contributed by atoms with Crippen molar-refractivity contribution in [2.75, 3.05) is 0 Å². The maximum absolute atomic E-state index is 5.29. The van der Waals surface area contributed by atoms with E-state index in [2.05, 4.69) is 78.9 Å². The van der Waals surface area contributed by atoms with Crippen LogP contribution in [0.15, 0.2) is 182 Å². The van der Waals surface area contributed by atoms with Crippen LogP contribution < -0.4 is 0 Å². The van der Waals surface area contributed by atoms with Gasteiger partial charge < -0.3 is 0 Å². The number of benzene rings is 6. The lowest BCUT2D eigenvalue weighted by Crippen LogP contribution is -2.00. The minimum atomic E-state index is 0.605. The number of fused-ring (bicyclic) bond motifs is 1. The van der Waals surface area contributed by atoms with Gasteiger partial charge >= 0.3 is 0 Å². The van der Waals surface area contributed by atoms with Crippen LogP contribution in [0.2, 0.25) is 0 Å². The van der Waals surface area contributed by atoms with E-state index in [1.165, 1.54) is 0 Å². The van der Waals surface area contributed by atoms with E-state index in [9.17, 15) is 0 Å². The van der Waals surface area contributed by atoms with Crippen molar-refractivity contribution in [1.29, 1.82) is 0 Å². The first-order chi connectivity index (χ1) is 25.3. The quantitative estimate of drug-likeness (QED) is 0.171. The van der Waals surface area contributed by atoms with Crippen molar-refractivity contribution in [2.24, 2.45) is 0 Å². The molecule has 0 atom stereocenters. The van der Waals surface area contributed by atoms with E-state index in [1.807, 2.05) is 108 Å². The highest BCUT2D eigenvalue weighted by Gasteiger charge is 2.22. The van der Waals surface area contributed by atoms with Crippen LogP contribution in [-0.2, 0) is 0 Å². The van der Waals surface area contributed by atoms with Crippen LogP contribution in [0.3, 0.4) is 0 Å². The van der Waals surface area contributed by atoms with Crippen molar-refractivity contribution < 1.29 is 0 Å². The molecular weight excluding hydrogens is 625 g/mol. The van der Waals surface area contributed by atoms with Crippen LogP contribution in [0.4, 0.5) is 0 Å². The molecule has 0 saturated carbocycles. The fourth-order valence-corrected chi connectivity index (χ4v) is 6.38. The summed E-state index contributed by atoms with van der Waals surface area (Å²) in [5.74, 6) is 1.86. The summed E-state index contributed by atoms with van der Waals surface area (Å²) in [7, 11) is 0. The molecule has 3 aromatic heterocycles. The summed E-state index contributed by atoms with van der Waals surface area (Å²) < 4.78 is 1.98. The zero-order valence-corrected chi connectivity index (χ0v) is 27.5. The topological polar surface area (TPSA) is 68.9 Å². The van der Waals surface area contributed by atoms with Gasteiger partial charge in [-0.15, -0.1) is 0 Å². The number of hydrogen-bond donors (Lipinski definition) is 0. The minimum Gasteiger partial charge on any atom is -0.228 e.